The van der Waals surface area contributed by atoms with E-state index in [1.807, 2.05) is 30.3 Å². The first-order valence-electron chi connectivity index (χ1n) is 7.37. The molecule has 0 heterocycles. The minimum atomic E-state index is -0.486. The van der Waals surface area contributed by atoms with Crippen LogP contribution in [-0.2, 0) is 20.8 Å². The Morgan fingerprint density at radius 3 is 2.32 bits per heavy atom. The lowest BCUT2D eigenvalue weighted by Gasteiger charge is -2.35. The molecule has 1 aromatic rings. The number of amides is 1. The van der Waals surface area contributed by atoms with Crippen LogP contribution < -0.4 is 5.32 Å². The summed E-state index contributed by atoms with van der Waals surface area (Å²) in [5.41, 5.74) is 0.945. The molecule has 0 aliphatic rings. The summed E-state index contributed by atoms with van der Waals surface area (Å²) < 4.78 is 16.0. The first-order chi connectivity index (χ1) is 10.4. The number of nitrogens with one attached hydrogen (secondary N) is 1. The van der Waals surface area contributed by atoms with Crippen LogP contribution in [0.2, 0.25) is 0 Å². The van der Waals surface area contributed by atoms with Crippen molar-refractivity contribution in [1.29, 1.82) is 0 Å². The Morgan fingerprint density at radius 1 is 1.18 bits per heavy atom. The van der Waals surface area contributed by atoms with Gasteiger partial charge in [0.25, 0.3) is 0 Å². The van der Waals surface area contributed by atoms with E-state index in [-0.39, 0.29) is 17.6 Å². The number of carbonyl (C=O) groups is 1. The molecule has 1 aromatic carbocycles. The fourth-order valence-electron chi connectivity index (χ4n) is 2.41. The van der Waals surface area contributed by atoms with E-state index in [0.717, 1.165) is 5.56 Å². The first-order valence-corrected chi connectivity index (χ1v) is 7.37. The molecule has 1 rings (SSSR count). The highest BCUT2D eigenvalue weighted by atomic mass is 16.5. The Hall–Kier alpha value is -1.59. The highest BCUT2D eigenvalue weighted by Gasteiger charge is 2.33. The first kappa shape index (κ1) is 18.5. The lowest BCUT2D eigenvalue weighted by Crippen LogP contribution is -2.52. The molecule has 0 bridgehead atoms. The minimum Gasteiger partial charge on any atom is -0.453 e. The van der Waals surface area contributed by atoms with Gasteiger partial charge in [0.05, 0.1) is 32.5 Å². The van der Waals surface area contributed by atoms with Gasteiger partial charge in [-0.25, -0.2) is 4.79 Å². The molecule has 0 fully saturated rings. The van der Waals surface area contributed by atoms with Crippen molar-refractivity contribution in [1.82, 2.24) is 5.32 Å². The summed E-state index contributed by atoms with van der Waals surface area (Å²) in [7, 11) is 2.98. The van der Waals surface area contributed by atoms with Gasteiger partial charge in [0.1, 0.15) is 0 Å². The van der Waals surface area contributed by atoms with Gasteiger partial charge in [-0.3, -0.25) is 0 Å². The van der Waals surface area contributed by atoms with Crippen LogP contribution in [0.4, 0.5) is 4.79 Å². The lowest BCUT2D eigenvalue weighted by atomic mass is 9.84. The van der Waals surface area contributed by atoms with Crippen molar-refractivity contribution in [3.05, 3.63) is 35.9 Å². The van der Waals surface area contributed by atoms with Gasteiger partial charge in [-0.2, -0.15) is 0 Å². The molecule has 1 N–H and O–H groups in total. The summed E-state index contributed by atoms with van der Waals surface area (Å²) in [5, 5.41) is 2.80. The molecule has 0 aliphatic carbocycles. The van der Waals surface area contributed by atoms with Gasteiger partial charge in [0, 0.05) is 7.11 Å². The molecule has 22 heavy (non-hydrogen) atoms. The summed E-state index contributed by atoms with van der Waals surface area (Å²) in [6.07, 6.45) is -0.679. The Morgan fingerprint density at radius 2 is 1.82 bits per heavy atom. The molecule has 124 valence electrons. The summed E-state index contributed by atoms with van der Waals surface area (Å²) in [6, 6.07) is 9.61. The van der Waals surface area contributed by atoms with E-state index in [1.165, 1.54) is 7.11 Å². The number of methoxy groups -OCH3 is 2. The third kappa shape index (κ3) is 6.03. The quantitative estimate of drug-likeness (QED) is 0.841. The number of rotatable bonds is 7. The smallest absolute Gasteiger partial charge is 0.407 e. The second-order valence-corrected chi connectivity index (χ2v) is 6.27. The molecule has 0 saturated heterocycles. The standard InChI is InChI=1S/C17H27NO4/c1-17(2,3)15(20-4)14(18-16(19)21-5)12-22-11-13-9-7-6-8-10-13/h6-10,14-15H,11-12H2,1-5H3,(H,18,19)/t14-,15-/m1/s1. The van der Waals surface area contributed by atoms with Gasteiger partial charge in [0.15, 0.2) is 0 Å². The highest BCUT2D eigenvalue weighted by Crippen LogP contribution is 2.25. The zero-order valence-corrected chi connectivity index (χ0v) is 14.1. The lowest BCUT2D eigenvalue weighted by molar-refractivity contribution is -0.0376. The number of hydrogen-bond donors (Lipinski definition) is 1. The van der Waals surface area contributed by atoms with Crippen molar-refractivity contribution in [3.8, 4) is 0 Å². The minimum absolute atomic E-state index is 0.142. The fraction of sp³-hybridized carbons (Fsp3) is 0.588. The van der Waals surface area contributed by atoms with Gasteiger partial charge >= 0.3 is 6.09 Å². The summed E-state index contributed by atoms with van der Waals surface area (Å²) in [5.74, 6) is 0. The third-order valence-electron chi connectivity index (χ3n) is 3.37. The molecule has 0 saturated carbocycles. The van der Waals surface area contributed by atoms with Crippen molar-refractivity contribution in [2.24, 2.45) is 5.41 Å². The van der Waals surface area contributed by atoms with Gasteiger partial charge in [-0.1, -0.05) is 51.1 Å². The molecule has 0 radical (unpaired) electrons. The van der Waals surface area contributed by atoms with Crippen molar-refractivity contribution >= 4 is 6.09 Å². The topological polar surface area (TPSA) is 56.8 Å². The van der Waals surface area contributed by atoms with E-state index >= 15 is 0 Å². The fourth-order valence-corrected chi connectivity index (χ4v) is 2.41. The van der Waals surface area contributed by atoms with Crippen LogP contribution in [0.25, 0.3) is 0 Å². The summed E-state index contributed by atoms with van der Waals surface area (Å²) in [6.45, 7) is 7.01. The Bertz CT molecular complexity index is 442. The number of alkyl carbamates (subject to hydrolysis) is 1. The maximum Gasteiger partial charge on any atom is 0.407 e. The van der Waals surface area contributed by atoms with Gasteiger partial charge in [-0.05, 0) is 11.0 Å². The zero-order chi connectivity index (χ0) is 16.6. The Balaban J connectivity index is 2.67. The van der Waals surface area contributed by atoms with E-state index in [1.54, 1.807) is 7.11 Å². The number of ether oxygens (including phenoxy) is 3. The van der Waals surface area contributed by atoms with E-state index in [2.05, 4.69) is 26.1 Å². The van der Waals surface area contributed by atoms with Gasteiger partial charge < -0.3 is 19.5 Å². The number of carbonyl (C=O) groups excluding carboxylic acids is 1. The molecule has 5 nitrogen and oxygen atoms in total. The molecule has 0 aromatic heterocycles. The zero-order valence-electron chi connectivity index (χ0n) is 14.1. The molecule has 5 heteroatoms. The predicted molar refractivity (Wildman–Crippen MR) is 85.7 cm³/mol. The third-order valence-corrected chi connectivity index (χ3v) is 3.37. The maximum atomic E-state index is 11.6. The second kappa shape index (κ2) is 8.76. The molecular formula is C17H27NO4. The predicted octanol–water partition coefficient (Wildman–Crippen LogP) is 2.99. The van der Waals surface area contributed by atoms with E-state index in [4.69, 9.17) is 14.2 Å². The van der Waals surface area contributed by atoms with Crippen LogP contribution in [0, 0.1) is 5.41 Å². The molecule has 0 unspecified atom stereocenters. The van der Waals surface area contributed by atoms with Crippen LogP contribution in [0.1, 0.15) is 26.3 Å². The molecule has 2 atom stereocenters. The van der Waals surface area contributed by atoms with Crippen LogP contribution in [0.3, 0.4) is 0 Å². The molecule has 1 amide bonds. The second-order valence-electron chi connectivity index (χ2n) is 6.27. The monoisotopic (exact) mass is 309 g/mol. The summed E-state index contributed by atoms with van der Waals surface area (Å²) >= 11 is 0. The largest absolute Gasteiger partial charge is 0.453 e. The van der Waals surface area contributed by atoms with Crippen molar-refractivity contribution < 1.29 is 19.0 Å². The average molecular weight is 309 g/mol. The van der Waals surface area contributed by atoms with E-state index < -0.39 is 6.09 Å². The normalized spacial score (nSPS) is 14.2. The number of benzene rings is 1. The number of hydrogen-bond acceptors (Lipinski definition) is 4. The maximum absolute atomic E-state index is 11.6. The van der Waals surface area contributed by atoms with E-state index in [9.17, 15) is 4.79 Å². The van der Waals surface area contributed by atoms with Crippen molar-refractivity contribution in [2.45, 2.75) is 39.5 Å². The van der Waals surface area contributed by atoms with Crippen LogP contribution in [0.5, 0.6) is 0 Å². The molecular weight excluding hydrogens is 282 g/mol. The average Bonchev–Trinajstić information content (AvgIpc) is 2.47. The van der Waals surface area contributed by atoms with Gasteiger partial charge in [0.2, 0.25) is 0 Å². The Labute approximate surface area is 132 Å². The van der Waals surface area contributed by atoms with Crippen LogP contribution in [-0.4, -0.2) is 39.1 Å². The SMILES string of the molecule is COC(=O)N[C@H](COCc1ccccc1)[C@@H](OC)C(C)(C)C. The van der Waals surface area contributed by atoms with Crippen molar-refractivity contribution in [3.63, 3.8) is 0 Å². The Kier molecular flexibility index (Phi) is 7.35. The molecule has 0 spiro atoms. The van der Waals surface area contributed by atoms with Crippen LogP contribution in [0.15, 0.2) is 30.3 Å². The van der Waals surface area contributed by atoms with Gasteiger partial charge in [-0.15, -0.1) is 0 Å². The van der Waals surface area contributed by atoms with Crippen LogP contribution >= 0.6 is 0 Å². The highest BCUT2D eigenvalue weighted by molar-refractivity contribution is 5.67. The van der Waals surface area contributed by atoms with Crippen molar-refractivity contribution in [2.75, 3.05) is 20.8 Å². The van der Waals surface area contributed by atoms with E-state index in [0.29, 0.717) is 13.2 Å². The summed E-state index contributed by atoms with van der Waals surface area (Å²) in [4.78, 5) is 11.6. The molecule has 0 aliphatic heterocycles.